The van der Waals surface area contributed by atoms with E-state index >= 15 is 0 Å². The maximum absolute atomic E-state index is 7.07. The molecular weight excluding hydrogens is 715 g/mol. The number of rotatable bonds is 4. The van der Waals surface area contributed by atoms with Crippen LogP contribution < -0.4 is 10.1 Å². The van der Waals surface area contributed by atoms with Crippen LogP contribution in [0.3, 0.4) is 0 Å². The first-order chi connectivity index (χ1) is 27.3. The molecule has 280 valence electrons. The number of hydrogen-bond acceptors (Lipinski definition) is 4. The number of furan rings is 3. The standard InChI is InChI=1S/C52H45NO3Si/c1-51(2,3)30-20-22-31(23-21-30)53(32-24-25-34-35-16-13-19-44(57(6,7)8)48(35)56-43(34)28-32)40-29-39-47(50-45(40)37-15-10-12-18-42(37)55-50)46-38(52(39,4)5)27-26-36-33-14-9-11-17-41(33)54-49(36)46/h9-29H,1-8H3. The van der Waals surface area contributed by atoms with Crippen molar-refractivity contribution >= 4 is 96.1 Å². The molecule has 4 nitrogen and oxygen atoms in total. The molecule has 3 aromatic heterocycles. The number of hydrogen-bond donors (Lipinski definition) is 0. The summed E-state index contributed by atoms with van der Waals surface area (Å²) in [5, 5.41) is 8.06. The molecule has 0 saturated carbocycles. The molecule has 3 heterocycles. The first-order valence-electron chi connectivity index (χ1n) is 20.1. The van der Waals surface area contributed by atoms with Crippen molar-refractivity contribution in [2.24, 2.45) is 0 Å². The Morgan fingerprint density at radius 3 is 1.82 bits per heavy atom. The molecule has 0 spiro atoms. The second-order valence-corrected chi connectivity index (χ2v) is 23.6. The van der Waals surface area contributed by atoms with Crippen molar-refractivity contribution in [3.63, 3.8) is 0 Å². The molecule has 0 atom stereocenters. The molecule has 1 aliphatic carbocycles. The fraction of sp³-hybridized carbons (Fsp3) is 0.192. The molecule has 57 heavy (non-hydrogen) atoms. The molecule has 7 aromatic carbocycles. The largest absolute Gasteiger partial charge is 0.456 e. The number of para-hydroxylation sites is 3. The fourth-order valence-corrected chi connectivity index (χ4v) is 11.0. The Morgan fingerprint density at radius 2 is 1.09 bits per heavy atom. The van der Waals surface area contributed by atoms with E-state index in [0.717, 1.165) is 88.6 Å². The maximum Gasteiger partial charge on any atom is 0.145 e. The highest BCUT2D eigenvalue weighted by Crippen LogP contribution is 2.58. The minimum atomic E-state index is -1.67. The number of fused-ring (bicyclic) bond motifs is 14. The quantitative estimate of drug-likeness (QED) is 0.168. The van der Waals surface area contributed by atoms with Gasteiger partial charge in [0.05, 0.1) is 19.1 Å². The minimum Gasteiger partial charge on any atom is -0.456 e. The summed E-state index contributed by atoms with van der Waals surface area (Å²) in [6, 6.07) is 46.3. The summed E-state index contributed by atoms with van der Waals surface area (Å²) >= 11 is 0. The van der Waals surface area contributed by atoms with Crippen molar-refractivity contribution in [2.75, 3.05) is 4.90 Å². The fourth-order valence-electron chi connectivity index (χ4n) is 9.55. The second kappa shape index (κ2) is 11.5. The van der Waals surface area contributed by atoms with Crippen molar-refractivity contribution in [1.82, 2.24) is 0 Å². The number of nitrogens with zero attached hydrogens (tertiary/aromatic N) is 1. The highest BCUT2D eigenvalue weighted by atomic mass is 28.3. The van der Waals surface area contributed by atoms with Gasteiger partial charge >= 0.3 is 0 Å². The van der Waals surface area contributed by atoms with Gasteiger partial charge in [0.15, 0.2) is 0 Å². The van der Waals surface area contributed by atoms with Gasteiger partial charge in [-0.3, -0.25) is 0 Å². The van der Waals surface area contributed by atoms with Gasteiger partial charge in [-0.05, 0) is 69.8 Å². The lowest BCUT2D eigenvalue weighted by Gasteiger charge is -2.29. The molecule has 10 aromatic rings. The average molecular weight is 760 g/mol. The summed E-state index contributed by atoms with van der Waals surface area (Å²) in [4.78, 5) is 2.42. The predicted octanol–water partition coefficient (Wildman–Crippen LogP) is 15.0. The van der Waals surface area contributed by atoms with E-state index in [2.05, 4.69) is 180 Å². The van der Waals surface area contributed by atoms with Crippen LogP contribution in [0.5, 0.6) is 0 Å². The predicted molar refractivity (Wildman–Crippen MR) is 242 cm³/mol. The molecule has 0 saturated heterocycles. The van der Waals surface area contributed by atoms with E-state index in [1.807, 2.05) is 6.07 Å². The van der Waals surface area contributed by atoms with Gasteiger partial charge in [-0.1, -0.05) is 133 Å². The first-order valence-corrected chi connectivity index (χ1v) is 23.6. The molecular formula is C52H45NO3Si. The van der Waals surface area contributed by atoms with Crippen molar-refractivity contribution < 1.29 is 13.3 Å². The Hall–Kier alpha value is -6.04. The summed E-state index contributed by atoms with van der Waals surface area (Å²) in [5.74, 6) is 0. The van der Waals surface area contributed by atoms with Crippen molar-refractivity contribution in [3.8, 4) is 11.1 Å². The van der Waals surface area contributed by atoms with Crippen molar-refractivity contribution in [3.05, 3.63) is 144 Å². The van der Waals surface area contributed by atoms with Crippen LogP contribution >= 0.6 is 0 Å². The van der Waals surface area contributed by atoms with Gasteiger partial charge in [0.25, 0.3) is 0 Å². The van der Waals surface area contributed by atoms with Gasteiger partial charge in [-0.25, -0.2) is 0 Å². The summed E-state index contributed by atoms with van der Waals surface area (Å²) in [5.41, 5.74) is 14.3. The average Bonchev–Trinajstić information content (AvgIpc) is 3.92. The molecule has 0 unspecified atom stereocenters. The summed E-state index contributed by atoms with van der Waals surface area (Å²) in [7, 11) is -1.67. The van der Waals surface area contributed by atoms with Gasteiger partial charge in [0.2, 0.25) is 0 Å². The van der Waals surface area contributed by atoms with Crippen LogP contribution in [0.25, 0.3) is 76.9 Å². The van der Waals surface area contributed by atoms with E-state index < -0.39 is 8.07 Å². The van der Waals surface area contributed by atoms with E-state index in [0.29, 0.717) is 0 Å². The second-order valence-electron chi connectivity index (χ2n) is 18.6. The van der Waals surface area contributed by atoms with Crippen LogP contribution in [0.4, 0.5) is 17.1 Å². The third-order valence-corrected chi connectivity index (χ3v) is 14.6. The Balaban J connectivity index is 1.24. The van der Waals surface area contributed by atoms with Crippen molar-refractivity contribution in [2.45, 2.75) is 65.1 Å². The molecule has 0 N–H and O–H groups in total. The van der Waals surface area contributed by atoms with Crippen LogP contribution in [0.15, 0.2) is 141 Å². The van der Waals surface area contributed by atoms with E-state index in [9.17, 15) is 0 Å². The third-order valence-electron chi connectivity index (χ3n) is 12.6. The topological polar surface area (TPSA) is 42.7 Å². The molecule has 1 aliphatic rings. The zero-order valence-electron chi connectivity index (χ0n) is 33.8. The van der Waals surface area contributed by atoms with E-state index in [-0.39, 0.29) is 10.8 Å². The lowest BCUT2D eigenvalue weighted by molar-refractivity contribution is 0.590. The third kappa shape index (κ3) is 4.85. The van der Waals surface area contributed by atoms with E-state index in [4.69, 9.17) is 13.3 Å². The number of anilines is 3. The van der Waals surface area contributed by atoms with Crippen molar-refractivity contribution in [1.29, 1.82) is 0 Å². The normalized spacial score (nSPS) is 14.1. The van der Waals surface area contributed by atoms with Crippen LogP contribution in [0.1, 0.15) is 51.3 Å². The highest BCUT2D eigenvalue weighted by Gasteiger charge is 2.42. The van der Waals surface area contributed by atoms with Crippen LogP contribution in [-0.4, -0.2) is 8.07 Å². The highest BCUT2D eigenvalue weighted by molar-refractivity contribution is 6.90. The summed E-state index contributed by atoms with van der Waals surface area (Å²) in [6.45, 7) is 18.6. The Bertz CT molecular complexity index is 3290. The molecule has 0 aliphatic heterocycles. The Labute approximate surface area is 333 Å². The van der Waals surface area contributed by atoms with Gasteiger partial charge in [-0.2, -0.15) is 0 Å². The van der Waals surface area contributed by atoms with Crippen LogP contribution in [0.2, 0.25) is 19.6 Å². The monoisotopic (exact) mass is 759 g/mol. The summed E-state index contributed by atoms with van der Waals surface area (Å²) in [6.07, 6.45) is 0. The lowest BCUT2D eigenvalue weighted by Crippen LogP contribution is -2.37. The van der Waals surface area contributed by atoms with Gasteiger partial charge < -0.3 is 18.2 Å². The molecule has 0 fully saturated rings. The first kappa shape index (κ1) is 34.2. The van der Waals surface area contributed by atoms with E-state index in [1.54, 1.807) is 0 Å². The Morgan fingerprint density at radius 1 is 0.509 bits per heavy atom. The minimum absolute atomic E-state index is 0.0179. The van der Waals surface area contributed by atoms with Crippen LogP contribution in [-0.2, 0) is 10.8 Å². The van der Waals surface area contributed by atoms with Gasteiger partial charge in [0.1, 0.15) is 33.5 Å². The molecule has 0 bridgehead atoms. The summed E-state index contributed by atoms with van der Waals surface area (Å²) < 4.78 is 20.7. The SMILES string of the molecule is CC(C)(C)c1ccc(N(c2ccc3c(c2)oc2c([Si](C)(C)C)cccc23)c2cc3c(c4oc5ccccc5c24)-c2c(ccc4c2oc2ccccc24)C3(C)C)cc1. The lowest BCUT2D eigenvalue weighted by atomic mass is 9.81. The molecule has 0 radical (unpaired) electrons. The molecule has 0 amide bonds. The zero-order chi connectivity index (χ0) is 39.2. The maximum atomic E-state index is 7.07. The van der Waals surface area contributed by atoms with Gasteiger partial charge in [-0.15, -0.1) is 0 Å². The zero-order valence-corrected chi connectivity index (χ0v) is 34.8. The molecule has 11 rings (SSSR count). The van der Waals surface area contributed by atoms with Gasteiger partial charge in [0, 0.05) is 60.9 Å². The van der Waals surface area contributed by atoms with E-state index in [1.165, 1.54) is 27.3 Å². The molecule has 5 heteroatoms. The number of benzene rings is 7. The smallest absolute Gasteiger partial charge is 0.145 e. The van der Waals surface area contributed by atoms with Crippen LogP contribution in [0, 0.1) is 0 Å². The Kier molecular flexibility index (Phi) is 6.92.